The van der Waals surface area contributed by atoms with E-state index < -0.39 is 18.1 Å². The molecule has 0 aromatic heterocycles. The molecule has 1 atom stereocenters. The fourth-order valence-electron chi connectivity index (χ4n) is 2.09. The van der Waals surface area contributed by atoms with E-state index in [1.807, 2.05) is 30.3 Å². The fraction of sp³-hybridized carbons (Fsp3) is 0.263. The molecule has 0 bridgehead atoms. The first-order valence-corrected chi connectivity index (χ1v) is 10.2. The van der Waals surface area contributed by atoms with E-state index in [0.717, 1.165) is 5.56 Å². The molecule has 2 rings (SSSR count). The largest absolute Gasteiger partial charge is 0.491 e. The summed E-state index contributed by atoms with van der Waals surface area (Å²) in [7, 11) is 0. The molecule has 1 unspecified atom stereocenters. The standard InChI is InChI=1S/C19H19Cl2NO5S/c20-14-6-7-17(15(21)10-14)26-8-9-28-12-16(18(23)24)22-19(25)27-11-13-4-2-1-3-5-13/h1-7,10,16H,8-9,11-12H2,(H,22,25)(H,23,24). The lowest BCUT2D eigenvalue weighted by atomic mass is 10.2. The van der Waals surface area contributed by atoms with Gasteiger partial charge in [-0.2, -0.15) is 11.8 Å². The summed E-state index contributed by atoms with van der Waals surface area (Å²) in [5.74, 6) is 0.0617. The first-order chi connectivity index (χ1) is 13.5. The van der Waals surface area contributed by atoms with E-state index in [1.165, 1.54) is 11.8 Å². The van der Waals surface area contributed by atoms with Crippen LogP contribution in [0.3, 0.4) is 0 Å². The SMILES string of the molecule is O=C(NC(CSCCOc1ccc(Cl)cc1Cl)C(=O)O)OCc1ccccc1. The van der Waals surface area contributed by atoms with Crippen LogP contribution in [0.25, 0.3) is 0 Å². The van der Waals surface area contributed by atoms with Crippen molar-refractivity contribution in [1.29, 1.82) is 0 Å². The zero-order valence-corrected chi connectivity index (χ0v) is 17.1. The van der Waals surface area contributed by atoms with Gasteiger partial charge in [0.2, 0.25) is 0 Å². The highest BCUT2D eigenvalue weighted by atomic mass is 35.5. The van der Waals surface area contributed by atoms with Crippen LogP contribution in [0.2, 0.25) is 10.0 Å². The van der Waals surface area contributed by atoms with Crippen LogP contribution in [-0.2, 0) is 16.1 Å². The number of benzene rings is 2. The zero-order valence-electron chi connectivity index (χ0n) is 14.8. The summed E-state index contributed by atoms with van der Waals surface area (Å²) < 4.78 is 10.6. The van der Waals surface area contributed by atoms with Crippen LogP contribution in [0.4, 0.5) is 4.79 Å². The van der Waals surface area contributed by atoms with Crippen LogP contribution < -0.4 is 10.1 Å². The van der Waals surface area contributed by atoms with Crippen molar-refractivity contribution in [1.82, 2.24) is 5.32 Å². The summed E-state index contributed by atoms with van der Waals surface area (Å²) in [5.41, 5.74) is 0.817. The van der Waals surface area contributed by atoms with E-state index in [9.17, 15) is 14.7 Å². The number of hydrogen-bond donors (Lipinski definition) is 2. The third kappa shape index (κ3) is 7.88. The quantitative estimate of drug-likeness (QED) is 0.526. The Labute approximate surface area is 177 Å². The minimum atomic E-state index is -1.13. The van der Waals surface area contributed by atoms with Crippen molar-refractivity contribution >= 4 is 47.0 Å². The molecule has 1 amide bonds. The van der Waals surface area contributed by atoms with E-state index in [0.29, 0.717) is 28.2 Å². The van der Waals surface area contributed by atoms with Gasteiger partial charge in [0.05, 0.1) is 11.6 Å². The highest BCUT2D eigenvalue weighted by molar-refractivity contribution is 7.99. The van der Waals surface area contributed by atoms with Gasteiger partial charge in [0.15, 0.2) is 0 Å². The molecule has 2 aromatic carbocycles. The number of carboxylic acid groups (broad SMARTS) is 1. The number of carbonyl (C=O) groups excluding carboxylic acids is 1. The van der Waals surface area contributed by atoms with Gasteiger partial charge < -0.3 is 19.9 Å². The Balaban J connectivity index is 1.69. The van der Waals surface area contributed by atoms with E-state index in [1.54, 1.807) is 18.2 Å². The Morgan fingerprint density at radius 3 is 2.57 bits per heavy atom. The van der Waals surface area contributed by atoms with E-state index in [2.05, 4.69) is 5.32 Å². The molecule has 6 nitrogen and oxygen atoms in total. The van der Waals surface area contributed by atoms with Gasteiger partial charge in [0.25, 0.3) is 0 Å². The molecule has 2 aromatic rings. The molecule has 0 saturated carbocycles. The molecular formula is C19H19Cl2NO5S. The number of aliphatic carboxylic acids is 1. The summed E-state index contributed by atoms with van der Waals surface area (Å²) in [6.45, 7) is 0.401. The van der Waals surface area contributed by atoms with Crippen LogP contribution in [-0.4, -0.2) is 41.3 Å². The number of ether oxygens (including phenoxy) is 2. The van der Waals surface area contributed by atoms with Gasteiger partial charge in [0.1, 0.15) is 18.4 Å². The van der Waals surface area contributed by atoms with Crippen molar-refractivity contribution < 1.29 is 24.2 Å². The number of amides is 1. The van der Waals surface area contributed by atoms with Gasteiger partial charge >= 0.3 is 12.1 Å². The van der Waals surface area contributed by atoms with Crippen LogP contribution >= 0.6 is 35.0 Å². The summed E-state index contributed by atoms with van der Waals surface area (Å²) in [5, 5.41) is 12.5. The van der Waals surface area contributed by atoms with Crippen molar-refractivity contribution in [2.45, 2.75) is 12.6 Å². The number of alkyl carbamates (subject to hydrolysis) is 1. The number of hydrogen-bond acceptors (Lipinski definition) is 5. The highest BCUT2D eigenvalue weighted by Gasteiger charge is 2.20. The number of rotatable bonds is 10. The Kier molecular flexibility index (Phi) is 9.27. The van der Waals surface area contributed by atoms with E-state index in [4.69, 9.17) is 32.7 Å². The second-order valence-corrected chi connectivity index (χ2v) is 7.59. The van der Waals surface area contributed by atoms with Crippen molar-refractivity contribution in [3.63, 3.8) is 0 Å². The molecule has 0 spiro atoms. The maximum atomic E-state index is 11.8. The van der Waals surface area contributed by atoms with Crippen LogP contribution in [0, 0.1) is 0 Å². The normalized spacial score (nSPS) is 11.5. The molecule has 0 saturated heterocycles. The van der Waals surface area contributed by atoms with Gasteiger partial charge in [-0.15, -0.1) is 0 Å². The molecule has 2 N–H and O–H groups in total. The zero-order chi connectivity index (χ0) is 20.4. The molecular weight excluding hydrogens is 425 g/mol. The lowest BCUT2D eigenvalue weighted by molar-refractivity contribution is -0.138. The second-order valence-electron chi connectivity index (χ2n) is 5.60. The summed E-state index contributed by atoms with van der Waals surface area (Å²) in [4.78, 5) is 23.1. The number of carbonyl (C=O) groups is 2. The average molecular weight is 444 g/mol. The Bertz CT molecular complexity index is 791. The topological polar surface area (TPSA) is 84.9 Å². The van der Waals surface area contributed by atoms with E-state index >= 15 is 0 Å². The number of halogens is 2. The fourth-order valence-corrected chi connectivity index (χ4v) is 3.38. The predicted octanol–water partition coefficient (Wildman–Crippen LogP) is 4.49. The smallest absolute Gasteiger partial charge is 0.408 e. The first kappa shape index (κ1) is 22.2. The summed E-state index contributed by atoms with van der Waals surface area (Å²) in [6, 6.07) is 13.0. The van der Waals surface area contributed by atoms with Gasteiger partial charge in [-0.05, 0) is 23.8 Å². The Hall–Kier alpha value is -2.09. The molecule has 28 heavy (non-hydrogen) atoms. The molecule has 0 fully saturated rings. The Morgan fingerprint density at radius 1 is 1.14 bits per heavy atom. The van der Waals surface area contributed by atoms with Crippen LogP contribution in [0.5, 0.6) is 5.75 Å². The van der Waals surface area contributed by atoms with E-state index in [-0.39, 0.29) is 12.4 Å². The Morgan fingerprint density at radius 2 is 1.89 bits per heavy atom. The number of carboxylic acids is 1. The number of thioether (sulfide) groups is 1. The maximum absolute atomic E-state index is 11.8. The van der Waals surface area contributed by atoms with Gasteiger partial charge in [-0.3, -0.25) is 0 Å². The van der Waals surface area contributed by atoms with Crippen molar-refractivity contribution in [2.24, 2.45) is 0 Å². The minimum Gasteiger partial charge on any atom is -0.491 e. The maximum Gasteiger partial charge on any atom is 0.408 e. The minimum absolute atomic E-state index is 0.0713. The molecule has 0 aliphatic carbocycles. The predicted molar refractivity (Wildman–Crippen MR) is 110 cm³/mol. The van der Waals surface area contributed by atoms with Crippen molar-refractivity contribution in [3.8, 4) is 5.75 Å². The molecule has 0 heterocycles. The third-order valence-corrected chi connectivity index (χ3v) is 5.02. The average Bonchev–Trinajstić information content (AvgIpc) is 2.67. The highest BCUT2D eigenvalue weighted by Crippen LogP contribution is 2.27. The lowest BCUT2D eigenvalue weighted by Crippen LogP contribution is -2.42. The van der Waals surface area contributed by atoms with Gasteiger partial charge in [0, 0.05) is 16.5 Å². The second kappa shape index (κ2) is 11.7. The molecule has 9 heteroatoms. The number of nitrogens with one attached hydrogen (secondary N) is 1. The monoisotopic (exact) mass is 443 g/mol. The summed E-state index contributed by atoms with van der Waals surface area (Å²) >= 11 is 13.2. The summed E-state index contributed by atoms with van der Waals surface area (Å²) in [6.07, 6.45) is -0.777. The molecule has 0 radical (unpaired) electrons. The first-order valence-electron chi connectivity index (χ1n) is 8.31. The van der Waals surface area contributed by atoms with Crippen molar-refractivity contribution in [3.05, 3.63) is 64.1 Å². The van der Waals surface area contributed by atoms with Gasteiger partial charge in [-0.25, -0.2) is 9.59 Å². The van der Waals surface area contributed by atoms with Gasteiger partial charge in [-0.1, -0.05) is 53.5 Å². The van der Waals surface area contributed by atoms with Crippen molar-refractivity contribution in [2.75, 3.05) is 18.1 Å². The van der Waals surface area contributed by atoms with Crippen LogP contribution in [0.15, 0.2) is 48.5 Å². The lowest BCUT2D eigenvalue weighted by Gasteiger charge is -2.14. The van der Waals surface area contributed by atoms with Crippen LogP contribution in [0.1, 0.15) is 5.56 Å². The molecule has 0 aliphatic rings. The third-order valence-electron chi connectivity index (χ3n) is 3.47. The molecule has 150 valence electrons. The molecule has 0 aliphatic heterocycles.